The Bertz CT molecular complexity index is 1560. The molecule has 3 aromatic carbocycles. The summed E-state index contributed by atoms with van der Waals surface area (Å²) in [5, 5.41) is 2.86. The molecule has 0 atom stereocenters. The Morgan fingerprint density at radius 2 is 1.64 bits per heavy atom. The standard InChI is InChI=1S/C29H28BrN3O5S/c1-4-15-38-25-14-9-21(16-24(25)30)31-28(35)26-17-27(34)33(18-19-5-10-22(36-2)11-6-19)29(39-26)32-20-7-12-23(37-3)13-8-20/h5-14,16-17H,4,15,18H2,1-3H3,(H,31,35). The summed E-state index contributed by atoms with van der Waals surface area (Å²) in [6.45, 7) is 2.91. The fourth-order valence-corrected chi connectivity index (χ4v) is 5.00. The van der Waals surface area contributed by atoms with E-state index in [-0.39, 0.29) is 17.0 Å². The summed E-state index contributed by atoms with van der Waals surface area (Å²) in [7, 11) is 3.19. The largest absolute Gasteiger partial charge is 0.497 e. The van der Waals surface area contributed by atoms with Crippen molar-refractivity contribution in [3.8, 4) is 17.2 Å². The van der Waals surface area contributed by atoms with Gasteiger partial charge in [0.15, 0.2) is 4.80 Å². The molecule has 8 nitrogen and oxygen atoms in total. The Hall–Kier alpha value is -3.89. The van der Waals surface area contributed by atoms with Crippen LogP contribution in [0.1, 0.15) is 28.6 Å². The Kier molecular flexibility index (Phi) is 9.56. The Morgan fingerprint density at radius 1 is 0.974 bits per heavy atom. The molecule has 0 radical (unpaired) electrons. The number of aromatic nitrogens is 1. The third kappa shape index (κ3) is 7.36. The first-order valence-corrected chi connectivity index (χ1v) is 13.8. The first-order chi connectivity index (χ1) is 18.9. The molecule has 0 saturated carbocycles. The molecule has 4 aromatic rings. The lowest BCUT2D eigenvalue weighted by Crippen LogP contribution is -2.33. The fourth-order valence-electron chi connectivity index (χ4n) is 3.59. The van der Waals surface area contributed by atoms with Crippen LogP contribution in [0, 0.1) is 0 Å². The van der Waals surface area contributed by atoms with Gasteiger partial charge in [0.1, 0.15) is 22.1 Å². The van der Waals surface area contributed by atoms with Gasteiger partial charge >= 0.3 is 0 Å². The molecule has 0 aliphatic carbocycles. The van der Waals surface area contributed by atoms with E-state index in [1.165, 1.54) is 6.07 Å². The Balaban J connectivity index is 1.69. The number of amides is 1. The average Bonchev–Trinajstić information content (AvgIpc) is 2.95. The summed E-state index contributed by atoms with van der Waals surface area (Å²) in [6, 6.07) is 21.3. The van der Waals surface area contributed by atoms with Crippen LogP contribution in [-0.4, -0.2) is 31.3 Å². The highest BCUT2D eigenvalue weighted by Crippen LogP contribution is 2.28. The Morgan fingerprint density at radius 3 is 2.26 bits per heavy atom. The number of hydrogen-bond donors (Lipinski definition) is 1. The molecule has 0 fully saturated rings. The summed E-state index contributed by atoms with van der Waals surface area (Å²) >= 11 is 4.62. The van der Waals surface area contributed by atoms with Crippen LogP contribution in [0.25, 0.3) is 0 Å². The van der Waals surface area contributed by atoms with Crippen LogP contribution in [0.4, 0.5) is 11.4 Å². The molecule has 0 aliphatic rings. The minimum absolute atomic E-state index is 0.237. The maximum Gasteiger partial charge on any atom is 0.266 e. The van der Waals surface area contributed by atoms with Crippen LogP contribution in [0.3, 0.4) is 0 Å². The van der Waals surface area contributed by atoms with Crippen LogP contribution in [0.15, 0.2) is 87.1 Å². The average molecular weight is 611 g/mol. The lowest BCUT2D eigenvalue weighted by atomic mass is 10.2. The van der Waals surface area contributed by atoms with E-state index in [4.69, 9.17) is 19.2 Å². The highest BCUT2D eigenvalue weighted by atomic mass is 79.9. The van der Waals surface area contributed by atoms with Gasteiger partial charge in [-0.15, -0.1) is 0 Å². The topological polar surface area (TPSA) is 91.2 Å². The van der Waals surface area contributed by atoms with Crippen molar-refractivity contribution in [2.75, 3.05) is 26.1 Å². The van der Waals surface area contributed by atoms with Gasteiger partial charge in [0.05, 0.1) is 37.5 Å². The van der Waals surface area contributed by atoms with Crippen LogP contribution >= 0.6 is 27.3 Å². The summed E-state index contributed by atoms with van der Waals surface area (Å²) in [4.78, 5) is 31.8. The molecule has 4 rings (SSSR count). The van der Waals surface area contributed by atoms with Gasteiger partial charge in [-0.25, -0.2) is 4.99 Å². The van der Waals surface area contributed by atoms with Gasteiger partial charge in [0.25, 0.3) is 11.5 Å². The zero-order chi connectivity index (χ0) is 27.8. The third-order valence-corrected chi connectivity index (χ3v) is 7.26. The SMILES string of the molecule is CCCOc1ccc(NC(=O)c2cc(=O)n(Cc3ccc(OC)cc3)c(=Nc3ccc(OC)cc3)s2)cc1Br. The maximum atomic E-state index is 13.3. The zero-order valence-corrected chi connectivity index (χ0v) is 24.2. The number of anilines is 1. The molecule has 0 saturated heterocycles. The number of nitrogens with zero attached hydrogens (tertiary/aromatic N) is 2. The third-order valence-electron chi connectivity index (χ3n) is 5.62. The number of benzene rings is 3. The van der Waals surface area contributed by atoms with Crippen molar-refractivity contribution >= 4 is 44.5 Å². The zero-order valence-electron chi connectivity index (χ0n) is 21.8. The van der Waals surface area contributed by atoms with E-state index in [0.717, 1.165) is 33.5 Å². The predicted octanol–water partition coefficient (Wildman–Crippen LogP) is 6.01. The van der Waals surface area contributed by atoms with E-state index < -0.39 is 5.91 Å². The summed E-state index contributed by atoms with van der Waals surface area (Å²) in [5.74, 6) is 1.70. The minimum atomic E-state index is -0.408. The van der Waals surface area contributed by atoms with Gasteiger partial charge in [0.2, 0.25) is 0 Å². The second-order valence-electron chi connectivity index (χ2n) is 8.42. The molecule has 0 aliphatic heterocycles. The monoisotopic (exact) mass is 609 g/mol. The summed E-state index contributed by atoms with van der Waals surface area (Å²) in [6.07, 6.45) is 0.889. The van der Waals surface area contributed by atoms with Gasteiger partial charge in [-0.05, 0) is 82.5 Å². The fraction of sp³-hybridized carbons (Fsp3) is 0.207. The molecule has 0 unspecified atom stereocenters. The van der Waals surface area contributed by atoms with Crippen molar-refractivity contribution < 1.29 is 19.0 Å². The van der Waals surface area contributed by atoms with Crippen molar-refractivity contribution in [2.45, 2.75) is 19.9 Å². The van der Waals surface area contributed by atoms with Gasteiger partial charge < -0.3 is 19.5 Å². The number of methoxy groups -OCH3 is 2. The molecule has 39 heavy (non-hydrogen) atoms. The van der Waals surface area contributed by atoms with Crippen molar-refractivity contribution in [1.29, 1.82) is 0 Å². The van der Waals surface area contributed by atoms with E-state index in [1.54, 1.807) is 61.3 Å². The number of carbonyl (C=O) groups is 1. The molecule has 0 spiro atoms. The van der Waals surface area contributed by atoms with Crippen LogP contribution in [-0.2, 0) is 6.54 Å². The number of rotatable bonds is 10. The molecule has 1 amide bonds. The molecule has 1 heterocycles. The quantitative estimate of drug-likeness (QED) is 0.238. The van der Waals surface area contributed by atoms with E-state index in [2.05, 4.69) is 21.2 Å². The molecule has 0 bridgehead atoms. The highest BCUT2D eigenvalue weighted by Gasteiger charge is 2.14. The van der Waals surface area contributed by atoms with Gasteiger partial charge in [-0.3, -0.25) is 14.2 Å². The molecule has 10 heteroatoms. The molecule has 1 N–H and O–H groups in total. The van der Waals surface area contributed by atoms with Crippen molar-refractivity contribution in [1.82, 2.24) is 4.57 Å². The lowest BCUT2D eigenvalue weighted by molar-refractivity contribution is 0.103. The lowest BCUT2D eigenvalue weighted by Gasteiger charge is -2.11. The number of ether oxygens (including phenoxy) is 3. The first kappa shape index (κ1) is 28.1. The van der Waals surface area contributed by atoms with Crippen LogP contribution in [0.5, 0.6) is 17.2 Å². The van der Waals surface area contributed by atoms with Crippen molar-refractivity contribution in [3.05, 3.63) is 103 Å². The summed E-state index contributed by atoms with van der Waals surface area (Å²) in [5.41, 5.74) is 1.74. The van der Waals surface area contributed by atoms with Gasteiger partial charge in [-0.1, -0.05) is 30.4 Å². The van der Waals surface area contributed by atoms with Crippen LogP contribution < -0.4 is 29.9 Å². The summed E-state index contributed by atoms with van der Waals surface area (Å²) < 4.78 is 18.4. The highest BCUT2D eigenvalue weighted by molar-refractivity contribution is 9.10. The Labute approximate surface area is 238 Å². The molecule has 1 aromatic heterocycles. The van der Waals surface area contributed by atoms with Gasteiger partial charge in [-0.2, -0.15) is 0 Å². The van der Waals surface area contributed by atoms with Crippen molar-refractivity contribution in [2.24, 2.45) is 4.99 Å². The van der Waals surface area contributed by atoms with Crippen molar-refractivity contribution in [3.63, 3.8) is 0 Å². The van der Waals surface area contributed by atoms with Crippen LogP contribution in [0.2, 0.25) is 0 Å². The maximum absolute atomic E-state index is 13.3. The number of nitrogens with one attached hydrogen (secondary N) is 1. The molecule has 202 valence electrons. The second-order valence-corrected chi connectivity index (χ2v) is 10.3. The van der Waals surface area contributed by atoms with E-state index in [1.807, 2.05) is 31.2 Å². The number of hydrogen-bond acceptors (Lipinski definition) is 7. The van der Waals surface area contributed by atoms with E-state index in [0.29, 0.717) is 34.3 Å². The van der Waals surface area contributed by atoms with E-state index in [9.17, 15) is 9.59 Å². The number of carbonyl (C=O) groups excluding carboxylic acids is 1. The molecular weight excluding hydrogens is 582 g/mol. The predicted molar refractivity (Wildman–Crippen MR) is 157 cm³/mol. The first-order valence-electron chi connectivity index (χ1n) is 12.2. The van der Waals surface area contributed by atoms with Gasteiger partial charge in [0, 0.05) is 11.8 Å². The minimum Gasteiger partial charge on any atom is -0.497 e. The molecular formula is C29H28BrN3O5S. The number of halogens is 1. The van der Waals surface area contributed by atoms with E-state index >= 15 is 0 Å². The normalized spacial score (nSPS) is 11.2. The smallest absolute Gasteiger partial charge is 0.266 e. The second kappa shape index (κ2) is 13.3.